The maximum absolute atomic E-state index is 11.3. The van der Waals surface area contributed by atoms with Crippen molar-refractivity contribution in [3.05, 3.63) is 17.5 Å². The predicted molar refractivity (Wildman–Crippen MR) is 70.9 cm³/mol. The molecule has 0 bridgehead atoms. The second kappa shape index (κ2) is 5.91. The Bertz CT molecular complexity index is 427. The Hall–Kier alpha value is -1.49. The van der Waals surface area contributed by atoms with Crippen molar-refractivity contribution in [2.75, 3.05) is 31.5 Å². The van der Waals surface area contributed by atoms with Gasteiger partial charge in [0.15, 0.2) is 5.78 Å². The topological polar surface area (TPSA) is 58.1 Å². The van der Waals surface area contributed by atoms with E-state index in [0.29, 0.717) is 11.5 Å². The quantitative estimate of drug-likeness (QED) is 0.800. The van der Waals surface area contributed by atoms with E-state index in [4.69, 9.17) is 0 Å². The van der Waals surface area contributed by atoms with Crippen LogP contribution in [0.1, 0.15) is 35.8 Å². The van der Waals surface area contributed by atoms with Gasteiger partial charge < -0.3 is 10.2 Å². The Labute approximate surface area is 108 Å². The van der Waals surface area contributed by atoms with Crippen molar-refractivity contribution in [2.45, 2.75) is 26.7 Å². The summed E-state index contributed by atoms with van der Waals surface area (Å²) in [6, 6.07) is 0. The molecule has 0 saturated carbocycles. The highest BCUT2D eigenvalue weighted by Gasteiger charge is 2.11. The van der Waals surface area contributed by atoms with Gasteiger partial charge in [0.05, 0.1) is 11.3 Å². The minimum atomic E-state index is 0.0103. The van der Waals surface area contributed by atoms with E-state index in [2.05, 4.69) is 20.2 Å². The van der Waals surface area contributed by atoms with Crippen molar-refractivity contribution in [1.82, 2.24) is 14.9 Å². The molecule has 1 saturated heterocycles. The summed E-state index contributed by atoms with van der Waals surface area (Å²) >= 11 is 0. The van der Waals surface area contributed by atoms with Gasteiger partial charge in [-0.15, -0.1) is 0 Å². The monoisotopic (exact) mass is 248 g/mol. The Morgan fingerprint density at radius 1 is 1.44 bits per heavy atom. The Kier molecular flexibility index (Phi) is 4.25. The summed E-state index contributed by atoms with van der Waals surface area (Å²) in [4.78, 5) is 22.2. The van der Waals surface area contributed by atoms with E-state index in [-0.39, 0.29) is 5.78 Å². The van der Waals surface area contributed by atoms with Crippen molar-refractivity contribution in [1.29, 1.82) is 0 Å². The number of nitrogens with zero attached hydrogens (tertiary/aromatic N) is 3. The molecule has 2 rings (SSSR count). The average Bonchev–Trinajstić information content (AvgIpc) is 2.81. The smallest absolute Gasteiger partial charge is 0.222 e. The molecule has 1 aromatic rings. The standard InChI is InChI=1S/C13H20N4O/c1-10-12(11(2)18)9-15-13(16-10)14-5-8-17-6-3-4-7-17/h9H,3-8H2,1-2H3,(H,14,15,16). The molecule has 0 amide bonds. The van der Waals surface area contributed by atoms with Gasteiger partial charge >= 0.3 is 0 Å². The highest BCUT2D eigenvalue weighted by Crippen LogP contribution is 2.08. The van der Waals surface area contributed by atoms with Crippen LogP contribution in [0, 0.1) is 6.92 Å². The summed E-state index contributed by atoms with van der Waals surface area (Å²) in [6.45, 7) is 7.64. The maximum atomic E-state index is 11.3. The maximum Gasteiger partial charge on any atom is 0.222 e. The Morgan fingerprint density at radius 2 is 2.17 bits per heavy atom. The largest absolute Gasteiger partial charge is 0.353 e. The lowest BCUT2D eigenvalue weighted by atomic mass is 10.2. The first-order valence-corrected chi connectivity index (χ1v) is 6.47. The average molecular weight is 248 g/mol. The normalized spacial score (nSPS) is 15.9. The van der Waals surface area contributed by atoms with E-state index < -0.39 is 0 Å². The molecule has 0 aromatic carbocycles. The molecule has 1 fully saturated rings. The van der Waals surface area contributed by atoms with Crippen LogP contribution in [0.4, 0.5) is 5.95 Å². The van der Waals surface area contributed by atoms with E-state index in [1.54, 1.807) is 6.20 Å². The van der Waals surface area contributed by atoms with Crippen LogP contribution in [0.3, 0.4) is 0 Å². The molecule has 98 valence electrons. The van der Waals surface area contributed by atoms with Gasteiger partial charge in [0.25, 0.3) is 0 Å². The van der Waals surface area contributed by atoms with Gasteiger partial charge in [-0.05, 0) is 39.8 Å². The van der Waals surface area contributed by atoms with E-state index in [9.17, 15) is 4.79 Å². The van der Waals surface area contributed by atoms with Gasteiger partial charge in [0.2, 0.25) is 5.95 Å². The van der Waals surface area contributed by atoms with Crippen molar-refractivity contribution in [2.24, 2.45) is 0 Å². The lowest BCUT2D eigenvalue weighted by Gasteiger charge is -2.14. The molecule has 18 heavy (non-hydrogen) atoms. The number of aromatic nitrogens is 2. The van der Waals surface area contributed by atoms with E-state index >= 15 is 0 Å². The highest BCUT2D eigenvalue weighted by molar-refractivity contribution is 5.94. The molecule has 1 aromatic heterocycles. The summed E-state index contributed by atoms with van der Waals surface area (Å²) in [7, 11) is 0. The summed E-state index contributed by atoms with van der Waals surface area (Å²) < 4.78 is 0. The third kappa shape index (κ3) is 3.26. The molecule has 0 radical (unpaired) electrons. The second-order valence-electron chi connectivity index (χ2n) is 4.72. The van der Waals surface area contributed by atoms with Crippen LogP contribution in [-0.4, -0.2) is 46.8 Å². The summed E-state index contributed by atoms with van der Waals surface area (Å²) in [5.74, 6) is 0.618. The first-order valence-electron chi connectivity index (χ1n) is 6.47. The van der Waals surface area contributed by atoms with Gasteiger partial charge in [0, 0.05) is 19.3 Å². The number of aryl methyl sites for hydroxylation is 1. The third-order valence-corrected chi connectivity index (χ3v) is 3.27. The first kappa shape index (κ1) is 13.0. The molecule has 5 heteroatoms. The number of hydrogen-bond donors (Lipinski definition) is 1. The van der Waals surface area contributed by atoms with Crippen LogP contribution in [0.5, 0.6) is 0 Å². The molecule has 0 atom stereocenters. The van der Waals surface area contributed by atoms with Crippen molar-refractivity contribution in [3.63, 3.8) is 0 Å². The number of ketones is 1. The number of likely N-dealkylation sites (tertiary alicyclic amines) is 1. The fraction of sp³-hybridized carbons (Fsp3) is 0.615. The van der Waals surface area contributed by atoms with Crippen LogP contribution in [0.25, 0.3) is 0 Å². The van der Waals surface area contributed by atoms with Crippen LogP contribution in [0.2, 0.25) is 0 Å². The fourth-order valence-electron chi connectivity index (χ4n) is 2.23. The number of rotatable bonds is 5. The fourth-order valence-corrected chi connectivity index (χ4v) is 2.23. The molecule has 0 unspecified atom stereocenters. The zero-order valence-electron chi connectivity index (χ0n) is 11.1. The molecule has 1 N–H and O–H groups in total. The Balaban J connectivity index is 1.85. The van der Waals surface area contributed by atoms with Gasteiger partial charge in [-0.2, -0.15) is 0 Å². The van der Waals surface area contributed by atoms with Gasteiger partial charge in [-0.25, -0.2) is 9.97 Å². The van der Waals surface area contributed by atoms with Crippen LogP contribution in [0.15, 0.2) is 6.20 Å². The molecule has 1 aliphatic rings. The molecule has 1 aliphatic heterocycles. The van der Waals surface area contributed by atoms with Crippen LogP contribution in [-0.2, 0) is 0 Å². The molecule has 5 nitrogen and oxygen atoms in total. The molecule has 2 heterocycles. The molecule has 0 spiro atoms. The number of carbonyl (C=O) groups excluding carboxylic acids is 1. The van der Waals surface area contributed by atoms with E-state index in [0.717, 1.165) is 18.8 Å². The van der Waals surface area contributed by atoms with Crippen LogP contribution >= 0.6 is 0 Å². The third-order valence-electron chi connectivity index (χ3n) is 3.27. The number of carbonyl (C=O) groups is 1. The molecule has 0 aliphatic carbocycles. The Morgan fingerprint density at radius 3 is 2.78 bits per heavy atom. The summed E-state index contributed by atoms with van der Waals surface area (Å²) in [5, 5.41) is 3.20. The summed E-state index contributed by atoms with van der Waals surface area (Å²) in [5.41, 5.74) is 1.33. The van der Waals surface area contributed by atoms with Gasteiger partial charge in [0.1, 0.15) is 0 Å². The van der Waals surface area contributed by atoms with Gasteiger partial charge in [-0.1, -0.05) is 0 Å². The van der Waals surface area contributed by atoms with Crippen molar-refractivity contribution >= 4 is 11.7 Å². The van der Waals surface area contributed by atoms with Crippen molar-refractivity contribution < 1.29 is 4.79 Å². The van der Waals surface area contributed by atoms with Gasteiger partial charge in [-0.3, -0.25) is 4.79 Å². The highest BCUT2D eigenvalue weighted by atomic mass is 16.1. The minimum Gasteiger partial charge on any atom is -0.353 e. The number of anilines is 1. The second-order valence-corrected chi connectivity index (χ2v) is 4.72. The molecular weight excluding hydrogens is 228 g/mol. The lowest BCUT2D eigenvalue weighted by molar-refractivity contribution is 0.101. The zero-order chi connectivity index (χ0) is 13.0. The number of Topliss-reactive ketones (excluding diaryl/α,β-unsaturated/α-hetero) is 1. The number of hydrogen-bond acceptors (Lipinski definition) is 5. The van der Waals surface area contributed by atoms with Crippen molar-refractivity contribution in [3.8, 4) is 0 Å². The van der Waals surface area contributed by atoms with E-state index in [1.807, 2.05) is 6.92 Å². The molecular formula is C13H20N4O. The SMILES string of the molecule is CC(=O)c1cnc(NCCN2CCCC2)nc1C. The van der Waals surface area contributed by atoms with Crippen LogP contribution < -0.4 is 5.32 Å². The van der Waals surface area contributed by atoms with E-state index in [1.165, 1.54) is 32.9 Å². The predicted octanol–water partition coefficient (Wildman–Crippen LogP) is 1.50. The number of nitrogens with one attached hydrogen (secondary N) is 1. The zero-order valence-corrected chi connectivity index (χ0v) is 11.1. The summed E-state index contributed by atoms with van der Waals surface area (Å²) in [6.07, 6.45) is 4.22. The lowest BCUT2D eigenvalue weighted by Crippen LogP contribution is -2.26. The first-order chi connectivity index (χ1) is 8.66. The minimum absolute atomic E-state index is 0.0103.